The molecule has 0 radical (unpaired) electrons. The molecular weight excluding hydrogens is 362 g/mol. The van der Waals surface area contributed by atoms with Gasteiger partial charge in [-0.25, -0.2) is 8.42 Å². The average Bonchev–Trinajstić information content (AvgIpc) is 3.04. The predicted octanol–water partition coefficient (Wildman–Crippen LogP) is 5.29. The van der Waals surface area contributed by atoms with Crippen LogP contribution in [0.15, 0.2) is 64.5 Å². The summed E-state index contributed by atoms with van der Waals surface area (Å²) in [7, 11) is -3.56. The third-order valence-corrected chi connectivity index (χ3v) is 7.69. The lowest BCUT2D eigenvalue weighted by atomic mass is 10.1. The number of thioether (sulfide) groups is 1. The van der Waals surface area contributed by atoms with Crippen molar-refractivity contribution in [2.24, 2.45) is 0 Å². The van der Waals surface area contributed by atoms with Crippen LogP contribution in [0.2, 0.25) is 0 Å². The number of sulfonamides is 1. The fraction of sp³-hybridized carbons (Fsp3) is 0.333. The summed E-state index contributed by atoms with van der Waals surface area (Å²) in [6, 6.07) is 17.1. The topological polar surface area (TPSA) is 37.4 Å². The molecule has 2 aromatic carbocycles. The van der Waals surface area contributed by atoms with Gasteiger partial charge in [-0.3, -0.25) is 4.31 Å². The first-order valence-electron chi connectivity index (χ1n) is 9.03. The zero-order valence-corrected chi connectivity index (χ0v) is 16.9. The van der Waals surface area contributed by atoms with E-state index in [1.165, 1.54) is 0 Å². The molecule has 1 aliphatic heterocycles. The van der Waals surface area contributed by atoms with Crippen LogP contribution in [0.5, 0.6) is 0 Å². The molecule has 0 bridgehead atoms. The SMILES string of the molecule is CCCCC1CSC(=Cc2ccccc2)N1S(=O)(=O)c1ccc(C)cc1. The van der Waals surface area contributed by atoms with Crippen molar-refractivity contribution in [3.63, 3.8) is 0 Å². The van der Waals surface area contributed by atoms with Crippen molar-refractivity contribution >= 4 is 27.9 Å². The Hall–Kier alpha value is -1.72. The highest BCUT2D eigenvalue weighted by molar-refractivity contribution is 8.04. The fourth-order valence-electron chi connectivity index (χ4n) is 3.07. The highest BCUT2D eigenvalue weighted by Gasteiger charge is 2.38. The molecule has 0 aromatic heterocycles. The van der Waals surface area contributed by atoms with E-state index in [1.54, 1.807) is 28.2 Å². The molecule has 1 fully saturated rings. The molecule has 0 N–H and O–H groups in total. The molecule has 26 heavy (non-hydrogen) atoms. The van der Waals surface area contributed by atoms with E-state index in [9.17, 15) is 8.42 Å². The van der Waals surface area contributed by atoms with Crippen molar-refractivity contribution in [3.8, 4) is 0 Å². The van der Waals surface area contributed by atoms with Crippen LogP contribution in [0.1, 0.15) is 37.3 Å². The van der Waals surface area contributed by atoms with E-state index >= 15 is 0 Å². The van der Waals surface area contributed by atoms with E-state index in [2.05, 4.69) is 6.92 Å². The predicted molar refractivity (Wildman–Crippen MR) is 110 cm³/mol. The number of nitrogens with zero attached hydrogens (tertiary/aromatic N) is 1. The lowest BCUT2D eigenvalue weighted by molar-refractivity contribution is 0.404. The van der Waals surface area contributed by atoms with E-state index < -0.39 is 10.0 Å². The van der Waals surface area contributed by atoms with Crippen LogP contribution in [0.4, 0.5) is 0 Å². The molecule has 0 saturated carbocycles. The number of benzene rings is 2. The van der Waals surface area contributed by atoms with Gasteiger partial charge in [0.25, 0.3) is 10.0 Å². The van der Waals surface area contributed by atoms with Gasteiger partial charge >= 0.3 is 0 Å². The van der Waals surface area contributed by atoms with Gasteiger partial charge in [-0.2, -0.15) is 0 Å². The van der Waals surface area contributed by atoms with Crippen molar-refractivity contribution in [1.82, 2.24) is 4.31 Å². The lowest BCUT2D eigenvalue weighted by Gasteiger charge is -2.26. The number of rotatable bonds is 6. The summed E-state index contributed by atoms with van der Waals surface area (Å²) in [5.41, 5.74) is 2.08. The average molecular weight is 388 g/mol. The van der Waals surface area contributed by atoms with Crippen LogP contribution in [0, 0.1) is 6.92 Å². The van der Waals surface area contributed by atoms with Crippen LogP contribution in [-0.4, -0.2) is 24.5 Å². The largest absolute Gasteiger partial charge is 0.264 e. The minimum absolute atomic E-state index is 0.0150. The Bertz CT molecular complexity index is 859. The molecule has 1 aliphatic rings. The molecule has 1 atom stereocenters. The number of aryl methyl sites for hydroxylation is 1. The van der Waals surface area contributed by atoms with Gasteiger partial charge in [-0.05, 0) is 37.1 Å². The molecular formula is C21H25NO2S2. The van der Waals surface area contributed by atoms with Gasteiger partial charge in [0, 0.05) is 5.75 Å². The first kappa shape index (κ1) is 19.1. The first-order chi connectivity index (χ1) is 12.5. The van der Waals surface area contributed by atoms with Crippen LogP contribution >= 0.6 is 11.8 Å². The van der Waals surface area contributed by atoms with Crippen LogP contribution in [0.3, 0.4) is 0 Å². The van der Waals surface area contributed by atoms with Crippen LogP contribution in [0.25, 0.3) is 6.08 Å². The van der Waals surface area contributed by atoms with Crippen molar-refractivity contribution < 1.29 is 8.42 Å². The van der Waals surface area contributed by atoms with Gasteiger partial charge in [0.2, 0.25) is 0 Å². The highest BCUT2D eigenvalue weighted by Crippen LogP contribution is 2.40. The fourth-order valence-corrected chi connectivity index (χ4v) is 6.36. The Morgan fingerprint density at radius 3 is 2.46 bits per heavy atom. The Morgan fingerprint density at radius 2 is 1.81 bits per heavy atom. The highest BCUT2D eigenvalue weighted by atomic mass is 32.2. The molecule has 1 heterocycles. The summed E-state index contributed by atoms with van der Waals surface area (Å²) in [4.78, 5) is 0.367. The Morgan fingerprint density at radius 1 is 1.12 bits per heavy atom. The van der Waals surface area contributed by atoms with E-state index in [0.717, 1.165) is 41.2 Å². The second-order valence-electron chi connectivity index (χ2n) is 6.61. The number of unbranched alkanes of at least 4 members (excludes halogenated alkanes) is 1. The maximum atomic E-state index is 13.4. The van der Waals surface area contributed by atoms with E-state index in [1.807, 2.05) is 55.5 Å². The van der Waals surface area contributed by atoms with Gasteiger partial charge in [-0.15, -0.1) is 11.8 Å². The van der Waals surface area contributed by atoms with Gasteiger partial charge in [0.15, 0.2) is 0 Å². The zero-order valence-electron chi connectivity index (χ0n) is 15.3. The molecule has 3 nitrogen and oxygen atoms in total. The molecule has 1 saturated heterocycles. The minimum Gasteiger partial charge on any atom is -0.257 e. The zero-order chi connectivity index (χ0) is 18.6. The maximum absolute atomic E-state index is 13.4. The summed E-state index contributed by atoms with van der Waals surface area (Å²) in [6.07, 6.45) is 4.98. The first-order valence-corrected chi connectivity index (χ1v) is 11.5. The Labute approximate surface area is 161 Å². The van der Waals surface area contributed by atoms with Crippen molar-refractivity contribution in [2.45, 2.75) is 44.0 Å². The number of hydrogen-bond acceptors (Lipinski definition) is 3. The number of hydrogen-bond donors (Lipinski definition) is 0. The molecule has 1 unspecified atom stereocenters. The maximum Gasteiger partial charge on any atom is 0.264 e. The second-order valence-corrected chi connectivity index (χ2v) is 9.47. The summed E-state index contributed by atoms with van der Waals surface area (Å²) in [5, 5.41) is 0.817. The van der Waals surface area contributed by atoms with Crippen molar-refractivity contribution in [1.29, 1.82) is 0 Å². The molecule has 0 amide bonds. The molecule has 0 spiro atoms. The molecule has 3 rings (SSSR count). The summed E-state index contributed by atoms with van der Waals surface area (Å²) >= 11 is 1.64. The summed E-state index contributed by atoms with van der Waals surface area (Å²) in [6.45, 7) is 4.11. The monoisotopic (exact) mass is 387 g/mol. The van der Waals surface area contributed by atoms with Gasteiger partial charge in [0.05, 0.1) is 16.0 Å². The summed E-state index contributed by atoms with van der Waals surface area (Å²) < 4.78 is 28.4. The summed E-state index contributed by atoms with van der Waals surface area (Å²) in [5.74, 6) is 0.809. The van der Waals surface area contributed by atoms with Crippen LogP contribution < -0.4 is 0 Å². The van der Waals surface area contributed by atoms with E-state index in [4.69, 9.17) is 0 Å². The Kier molecular flexibility index (Phi) is 6.09. The third kappa shape index (κ3) is 4.15. The lowest BCUT2D eigenvalue weighted by Crippen LogP contribution is -2.35. The standard InChI is InChI=1S/C21H25NO2S2/c1-3-4-10-19-16-25-21(15-18-8-6-5-7-9-18)22(19)26(23,24)20-13-11-17(2)12-14-20/h5-9,11-15,19H,3-4,10,16H2,1-2H3. The van der Waals surface area contributed by atoms with Crippen molar-refractivity contribution in [2.75, 3.05) is 5.75 Å². The normalized spacial score (nSPS) is 19.2. The van der Waals surface area contributed by atoms with E-state index in [0.29, 0.717) is 4.90 Å². The van der Waals surface area contributed by atoms with Gasteiger partial charge in [-0.1, -0.05) is 67.8 Å². The second kappa shape index (κ2) is 8.31. The van der Waals surface area contributed by atoms with Crippen molar-refractivity contribution in [3.05, 3.63) is 70.8 Å². The molecule has 5 heteroatoms. The minimum atomic E-state index is -3.56. The van der Waals surface area contributed by atoms with Crippen LogP contribution in [-0.2, 0) is 10.0 Å². The Balaban J connectivity index is 2.00. The molecule has 138 valence electrons. The van der Waals surface area contributed by atoms with Gasteiger partial charge < -0.3 is 0 Å². The third-order valence-electron chi connectivity index (χ3n) is 4.53. The molecule has 0 aliphatic carbocycles. The van der Waals surface area contributed by atoms with Gasteiger partial charge in [0.1, 0.15) is 0 Å². The molecule has 2 aromatic rings. The smallest absolute Gasteiger partial charge is 0.257 e. The quantitative estimate of drug-likeness (QED) is 0.676. The van der Waals surface area contributed by atoms with E-state index in [-0.39, 0.29) is 6.04 Å².